The highest BCUT2D eigenvalue weighted by molar-refractivity contribution is 7.99. The monoisotopic (exact) mass is 176 g/mol. The molecule has 0 heterocycles. The number of amidine groups is 1. The summed E-state index contributed by atoms with van der Waals surface area (Å²) in [6, 6.07) is 0. The zero-order valence-corrected chi connectivity index (χ0v) is 7.91. The molecular weight excluding hydrogens is 160 g/mol. The van der Waals surface area contributed by atoms with E-state index in [1.165, 1.54) is 0 Å². The Morgan fingerprint density at radius 3 is 2.82 bits per heavy atom. The van der Waals surface area contributed by atoms with E-state index in [9.17, 15) is 0 Å². The Balaban J connectivity index is 3.22. The molecule has 66 valence electrons. The lowest BCUT2D eigenvalue weighted by Gasteiger charge is -2.08. The molecule has 0 aromatic rings. The maximum absolute atomic E-state index is 7.04. The van der Waals surface area contributed by atoms with E-state index in [1.807, 2.05) is 0 Å². The van der Waals surface area contributed by atoms with E-state index in [-0.39, 0.29) is 5.84 Å². The van der Waals surface area contributed by atoms with E-state index < -0.39 is 0 Å². The van der Waals surface area contributed by atoms with Crippen LogP contribution in [0.3, 0.4) is 0 Å². The smallest absolute Gasteiger partial charge is 0.0916 e. The first kappa shape index (κ1) is 10.8. The lowest BCUT2D eigenvalue weighted by atomic mass is 10.3. The molecule has 0 aliphatic heterocycles. The lowest BCUT2D eigenvalue weighted by molar-refractivity contribution is 0.218. The first-order valence-corrected chi connectivity index (χ1v) is 4.65. The number of rotatable bonds is 6. The highest BCUT2D eigenvalue weighted by Gasteiger charge is 2.02. The van der Waals surface area contributed by atoms with Crippen LogP contribution < -0.4 is 5.73 Å². The second-order valence-electron chi connectivity index (χ2n) is 2.40. The molecule has 3 N–H and O–H groups in total. The van der Waals surface area contributed by atoms with Crippen molar-refractivity contribution in [1.82, 2.24) is 0 Å². The minimum absolute atomic E-state index is 0.266. The Bertz CT molecular complexity index is 119. The van der Waals surface area contributed by atoms with Gasteiger partial charge in [0, 0.05) is 24.5 Å². The molecular formula is C7H16N2OS. The maximum atomic E-state index is 7.04. The van der Waals surface area contributed by atoms with Gasteiger partial charge in [0.25, 0.3) is 0 Å². The minimum Gasteiger partial charge on any atom is -0.388 e. The normalized spacial score (nSPS) is 12.9. The predicted octanol–water partition coefficient (Wildman–Crippen LogP) is 1.08. The number of hydrogen-bond acceptors (Lipinski definition) is 3. The third-order valence-electron chi connectivity index (χ3n) is 1.20. The van der Waals surface area contributed by atoms with Crippen LogP contribution >= 0.6 is 11.8 Å². The van der Waals surface area contributed by atoms with E-state index in [0.29, 0.717) is 11.7 Å². The summed E-state index contributed by atoms with van der Waals surface area (Å²) in [5.74, 6) is 1.24. The molecule has 0 radical (unpaired) electrons. The van der Waals surface area contributed by atoms with Crippen molar-refractivity contribution in [2.45, 2.75) is 18.6 Å². The van der Waals surface area contributed by atoms with Gasteiger partial charge in [-0.2, -0.15) is 11.8 Å². The highest BCUT2D eigenvalue weighted by Crippen LogP contribution is 2.12. The van der Waals surface area contributed by atoms with Crippen LogP contribution in [0, 0.1) is 5.41 Å². The molecule has 0 rings (SSSR count). The van der Waals surface area contributed by atoms with Gasteiger partial charge in [-0.1, -0.05) is 6.92 Å². The van der Waals surface area contributed by atoms with Crippen molar-refractivity contribution in [1.29, 1.82) is 5.41 Å². The van der Waals surface area contributed by atoms with Crippen LogP contribution in [0.4, 0.5) is 0 Å². The average Bonchev–Trinajstić information content (AvgIpc) is 1.86. The summed E-state index contributed by atoms with van der Waals surface area (Å²) >= 11 is 1.78. The summed E-state index contributed by atoms with van der Waals surface area (Å²) in [7, 11) is 1.69. The second-order valence-corrected chi connectivity index (χ2v) is 3.95. The number of thioether (sulfide) groups is 1. The molecule has 0 saturated heterocycles. The van der Waals surface area contributed by atoms with Crippen LogP contribution in [-0.2, 0) is 4.74 Å². The van der Waals surface area contributed by atoms with Crippen molar-refractivity contribution in [2.75, 3.05) is 19.5 Å². The van der Waals surface area contributed by atoms with E-state index in [2.05, 4.69) is 6.92 Å². The Hall–Kier alpha value is -0.220. The van der Waals surface area contributed by atoms with Crippen LogP contribution in [-0.4, -0.2) is 30.6 Å². The molecule has 3 nitrogen and oxygen atoms in total. The molecule has 0 aromatic heterocycles. The summed E-state index contributed by atoms with van der Waals surface area (Å²) in [6.07, 6.45) is 0.675. The van der Waals surface area contributed by atoms with Crippen molar-refractivity contribution in [3.05, 3.63) is 0 Å². The third-order valence-corrected chi connectivity index (χ3v) is 2.34. The predicted molar refractivity (Wildman–Crippen MR) is 50.3 cm³/mol. The molecule has 1 unspecified atom stereocenters. The van der Waals surface area contributed by atoms with Crippen molar-refractivity contribution in [2.24, 2.45) is 5.73 Å². The average molecular weight is 176 g/mol. The molecule has 0 aromatic carbocycles. The van der Waals surface area contributed by atoms with E-state index in [4.69, 9.17) is 15.9 Å². The summed E-state index contributed by atoms with van der Waals surface area (Å²) in [4.78, 5) is 0. The topological polar surface area (TPSA) is 59.1 Å². The van der Waals surface area contributed by atoms with Gasteiger partial charge in [0.05, 0.1) is 12.4 Å². The lowest BCUT2D eigenvalue weighted by Crippen LogP contribution is -2.15. The molecule has 1 atom stereocenters. The van der Waals surface area contributed by atoms with E-state index in [1.54, 1.807) is 18.9 Å². The molecule has 0 bridgehead atoms. The van der Waals surface area contributed by atoms with Gasteiger partial charge in [0.1, 0.15) is 0 Å². The van der Waals surface area contributed by atoms with Crippen molar-refractivity contribution >= 4 is 17.6 Å². The SMILES string of the molecule is COCCSC(C)CC(=N)N. The Morgan fingerprint density at radius 1 is 1.73 bits per heavy atom. The number of nitrogens with one attached hydrogen (secondary N) is 1. The van der Waals surface area contributed by atoms with Crippen molar-refractivity contribution in [3.63, 3.8) is 0 Å². The summed E-state index contributed by atoms with van der Waals surface area (Å²) in [5, 5.41) is 7.47. The van der Waals surface area contributed by atoms with Crippen LogP contribution in [0.25, 0.3) is 0 Å². The van der Waals surface area contributed by atoms with E-state index in [0.717, 1.165) is 12.4 Å². The van der Waals surface area contributed by atoms with Gasteiger partial charge >= 0.3 is 0 Å². The molecule has 0 spiro atoms. The van der Waals surface area contributed by atoms with Gasteiger partial charge in [-0.3, -0.25) is 5.41 Å². The van der Waals surface area contributed by atoms with Gasteiger partial charge in [-0.05, 0) is 0 Å². The fourth-order valence-corrected chi connectivity index (χ4v) is 1.66. The first-order valence-electron chi connectivity index (χ1n) is 3.60. The first-order chi connectivity index (χ1) is 5.16. The number of nitrogens with two attached hydrogens (primary N) is 1. The zero-order chi connectivity index (χ0) is 8.69. The quantitative estimate of drug-likeness (QED) is 0.362. The van der Waals surface area contributed by atoms with Gasteiger partial charge in [-0.25, -0.2) is 0 Å². The molecule has 0 saturated carbocycles. The Labute approximate surface area is 72.2 Å². The van der Waals surface area contributed by atoms with Gasteiger partial charge in [0.2, 0.25) is 0 Å². The Morgan fingerprint density at radius 2 is 2.36 bits per heavy atom. The molecule has 0 amide bonds. The van der Waals surface area contributed by atoms with Crippen molar-refractivity contribution < 1.29 is 4.74 Å². The largest absolute Gasteiger partial charge is 0.388 e. The summed E-state index contributed by atoms with van der Waals surface area (Å²) in [5.41, 5.74) is 5.24. The second kappa shape index (κ2) is 6.49. The van der Waals surface area contributed by atoms with Crippen LogP contribution in [0.5, 0.6) is 0 Å². The van der Waals surface area contributed by atoms with Gasteiger partial charge < -0.3 is 10.5 Å². The fourth-order valence-electron chi connectivity index (χ4n) is 0.701. The molecule has 11 heavy (non-hydrogen) atoms. The third kappa shape index (κ3) is 7.68. The minimum atomic E-state index is 0.266. The summed E-state index contributed by atoms with van der Waals surface area (Å²) in [6.45, 7) is 2.84. The van der Waals surface area contributed by atoms with Crippen LogP contribution in [0.1, 0.15) is 13.3 Å². The van der Waals surface area contributed by atoms with Crippen LogP contribution in [0.2, 0.25) is 0 Å². The number of hydrogen-bond donors (Lipinski definition) is 2. The zero-order valence-electron chi connectivity index (χ0n) is 7.09. The van der Waals surface area contributed by atoms with E-state index >= 15 is 0 Å². The number of ether oxygens (including phenoxy) is 1. The Kier molecular flexibility index (Phi) is 6.36. The fraction of sp³-hybridized carbons (Fsp3) is 0.857. The van der Waals surface area contributed by atoms with Gasteiger partial charge in [-0.15, -0.1) is 0 Å². The van der Waals surface area contributed by atoms with Crippen LogP contribution in [0.15, 0.2) is 0 Å². The molecule has 0 aliphatic rings. The highest BCUT2D eigenvalue weighted by atomic mass is 32.2. The van der Waals surface area contributed by atoms with Gasteiger partial charge in [0.15, 0.2) is 0 Å². The molecule has 0 fully saturated rings. The maximum Gasteiger partial charge on any atom is 0.0916 e. The van der Waals surface area contributed by atoms with Crippen molar-refractivity contribution in [3.8, 4) is 0 Å². The number of methoxy groups -OCH3 is 1. The molecule has 0 aliphatic carbocycles. The standard InChI is InChI=1S/C7H16N2OS/c1-6(5-7(8)9)11-4-3-10-2/h6H,3-5H2,1-2H3,(H3,8,9). The summed E-state index contributed by atoms with van der Waals surface area (Å²) < 4.78 is 4.89. The molecule has 4 heteroatoms.